The third kappa shape index (κ3) is 4.72. The summed E-state index contributed by atoms with van der Waals surface area (Å²) in [5.74, 6) is 0.796. The summed E-state index contributed by atoms with van der Waals surface area (Å²) in [5, 5.41) is 8.08. The van der Waals surface area contributed by atoms with Crippen LogP contribution in [0.3, 0.4) is 0 Å². The van der Waals surface area contributed by atoms with Crippen LogP contribution in [0.1, 0.15) is 34.5 Å². The molecule has 1 aromatic heterocycles. The predicted molar refractivity (Wildman–Crippen MR) is 126 cm³/mol. The van der Waals surface area contributed by atoms with E-state index in [-0.39, 0.29) is 30.9 Å². The number of thiazole rings is 1. The molecule has 1 fully saturated rings. The molecule has 0 bridgehead atoms. The number of hydrogen-bond acceptors (Lipinski definition) is 7. The van der Waals surface area contributed by atoms with E-state index in [1.807, 2.05) is 18.2 Å². The third-order valence-corrected chi connectivity index (χ3v) is 6.43. The molecule has 5 rings (SSSR count). The van der Waals surface area contributed by atoms with Crippen LogP contribution >= 0.6 is 11.3 Å². The molecule has 2 aliphatic rings. The van der Waals surface area contributed by atoms with Crippen LogP contribution in [0.2, 0.25) is 0 Å². The lowest BCUT2D eigenvalue weighted by molar-refractivity contribution is -0.117. The molecule has 2 N–H and O–H groups in total. The predicted octanol–water partition coefficient (Wildman–Crippen LogP) is 3.11. The number of carbonyl (C=O) groups is 3. The van der Waals surface area contributed by atoms with Crippen molar-refractivity contribution < 1.29 is 23.9 Å². The summed E-state index contributed by atoms with van der Waals surface area (Å²) in [6.45, 7) is 1.15. The lowest BCUT2D eigenvalue weighted by Gasteiger charge is -2.12. The molecule has 0 spiro atoms. The SMILES string of the molecule is O=C(Cc1csc(N2CCCC2=O)n1)Nc1ccccc1C(=O)NCc1ccc2c(c1)OCO2. The van der Waals surface area contributed by atoms with Gasteiger partial charge in [-0.1, -0.05) is 18.2 Å². The number of anilines is 2. The Kier molecular flexibility index (Phi) is 6.13. The average molecular weight is 479 g/mol. The minimum Gasteiger partial charge on any atom is -0.454 e. The number of aromatic nitrogens is 1. The standard InChI is InChI=1S/C24H22N4O5S/c29-21(11-16-13-34-24(26-16)28-9-3-6-22(28)30)27-18-5-2-1-4-17(18)23(31)25-12-15-7-8-19-20(10-15)33-14-32-19/h1-2,4-5,7-8,10,13H,3,6,9,11-12,14H2,(H,25,31)(H,27,29). The summed E-state index contributed by atoms with van der Waals surface area (Å²) in [6, 6.07) is 12.3. The van der Waals surface area contributed by atoms with Gasteiger partial charge in [0.2, 0.25) is 18.6 Å². The second-order valence-electron chi connectivity index (χ2n) is 7.91. The van der Waals surface area contributed by atoms with E-state index < -0.39 is 0 Å². The number of nitrogens with one attached hydrogen (secondary N) is 2. The van der Waals surface area contributed by atoms with Crippen molar-refractivity contribution >= 4 is 39.9 Å². The van der Waals surface area contributed by atoms with Crippen molar-refractivity contribution in [1.82, 2.24) is 10.3 Å². The highest BCUT2D eigenvalue weighted by Crippen LogP contribution is 2.32. The van der Waals surface area contributed by atoms with Crippen LogP contribution in [0.5, 0.6) is 11.5 Å². The molecule has 0 radical (unpaired) electrons. The van der Waals surface area contributed by atoms with Gasteiger partial charge in [0.15, 0.2) is 16.6 Å². The molecule has 1 saturated heterocycles. The van der Waals surface area contributed by atoms with Crippen LogP contribution in [0.15, 0.2) is 47.8 Å². The highest BCUT2D eigenvalue weighted by Gasteiger charge is 2.24. The van der Waals surface area contributed by atoms with E-state index in [1.165, 1.54) is 11.3 Å². The van der Waals surface area contributed by atoms with Crippen molar-refractivity contribution in [2.75, 3.05) is 23.6 Å². The number of carbonyl (C=O) groups excluding carboxylic acids is 3. The van der Waals surface area contributed by atoms with Crippen molar-refractivity contribution in [2.45, 2.75) is 25.8 Å². The van der Waals surface area contributed by atoms with Crippen molar-refractivity contribution in [3.8, 4) is 11.5 Å². The van der Waals surface area contributed by atoms with Gasteiger partial charge in [-0.05, 0) is 36.2 Å². The quantitative estimate of drug-likeness (QED) is 0.540. The molecule has 3 aromatic rings. The van der Waals surface area contributed by atoms with Gasteiger partial charge in [-0.15, -0.1) is 11.3 Å². The Bertz CT molecular complexity index is 1260. The van der Waals surface area contributed by atoms with E-state index >= 15 is 0 Å². The number of fused-ring (bicyclic) bond motifs is 1. The number of ether oxygens (including phenoxy) is 2. The van der Waals surface area contributed by atoms with Crippen LogP contribution in [0.4, 0.5) is 10.8 Å². The molecule has 9 nitrogen and oxygen atoms in total. The van der Waals surface area contributed by atoms with Crippen LogP contribution < -0.4 is 25.0 Å². The van der Waals surface area contributed by atoms with E-state index in [4.69, 9.17) is 9.47 Å². The molecule has 0 atom stereocenters. The lowest BCUT2D eigenvalue weighted by atomic mass is 10.1. The van der Waals surface area contributed by atoms with Gasteiger partial charge in [-0.25, -0.2) is 4.98 Å². The van der Waals surface area contributed by atoms with Gasteiger partial charge in [-0.3, -0.25) is 19.3 Å². The second kappa shape index (κ2) is 9.52. The first-order valence-electron chi connectivity index (χ1n) is 10.9. The third-order valence-electron chi connectivity index (χ3n) is 5.52. The Labute approximate surface area is 199 Å². The number of rotatable bonds is 7. The molecule has 2 aliphatic heterocycles. The summed E-state index contributed by atoms with van der Waals surface area (Å²) >= 11 is 1.35. The minimum absolute atomic E-state index is 0.0473. The molecule has 0 saturated carbocycles. The van der Waals surface area contributed by atoms with Crippen LogP contribution in [0.25, 0.3) is 0 Å². The Balaban J connectivity index is 1.20. The van der Waals surface area contributed by atoms with Gasteiger partial charge < -0.3 is 20.1 Å². The smallest absolute Gasteiger partial charge is 0.253 e. The second-order valence-corrected chi connectivity index (χ2v) is 8.75. The molecule has 34 heavy (non-hydrogen) atoms. The van der Waals surface area contributed by atoms with E-state index in [1.54, 1.807) is 34.5 Å². The zero-order valence-corrected chi connectivity index (χ0v) is 19.0. The molecule has 0 unspecified atom stereocenters. The van der Waals surface area contributed by atoms with Gasteiger partial charge in [0.1, 0.15) is 0 Å². The fourth-order valence-electron chi connectivity index (χ4n) is 3.83. The fourth-order valence-corrected chi connectivity index (χ4v) is 4.70. The first kappa shape index (κ1) is 21.9. The summed E-state index contributed by atoms with van der Waals surface area (Å²) in [7, 11) is 0. The van der Waals surface area contributed by atoms with Crippen LogP contribution in [-0.4, -0.2) is 36.0 Å². The molecule has 10 heteroatoms. The molecule has 0 aliphatic carbocycles. The molecular formula is C24H22N4O5S. The summed E-state index contributed by atoms with van der Waals surface area (Å²) in [4.78, 5) is 43.5. The fraction of sp³-hybridized carbons (Fsp3) is 0.250. The van der Waals surface area contributed by atoms with E-state index in [0.717, 1.165) is 12.0 Å². The molecule has 3 amide bonds. The maximum atomic E-state index is 12.8. The Morgan fingerprint density at radius 2 is 1.97 bits per heavy atom. The number of amides is 3. The van der Waals surface area contributed by atoms with Gasteiger partial charge in [0.25, 0.3) is 5.91 Å². The summed E-state index contributed by atoms with van der Waals surface area (Å²) < 4.78 is 10.7. The highest BCUT2D eigenvalue weighted by molar-refractivity contribution is 7.14. The maximum absolute atomic E-state index is 12.8. The summed E-state index contributed by atoms with van der Waals surface area (Å²) in [5.41, 5.74) is 2.23. The summed E-state index contributed by atoms with van der Waals surface area (Å²) in [6.07, 6.45) is 1.40. The van der Waals surface area contributed by atoms with Gasteiger partial charge in [-0.2, -0.15) is 0 Å². The van der Waals surface area contributed by atoms with Crippen molar-refractivity contribution in [3.63, 3.8) is 0 Å². The Hall–Kier alpha value is -3.92. The van der Waals surface area contributed by atoms with Crippen molar-refractivity contribution in [1.29, 1.82) is 0 Å². The first-order valence-corrected chi connectivity index (χ1v) is 11.7. The van der Waals surface area contributed by atoms with Crippen LogP contribution in [-0.2, 0) is 22.6 Å². The highest BCUT2D eigenvalue weighted by atomic mass is 32.1. The van der Waals surface area contributed by atoms with E-state index in [0.29, 0.717) is 53.1 Å². The lowest BCUT2D eigenvalue weighted by Crippen LogP contribution is -2.25. The molecule has 174 valence electrons. The Morgan fingerprint density at radius 1 is 1.12 bits per heavy atom. The molecular weight excluding hydrogens is 456 g/mol. The van der Waals surface area contributed by atoms with Crippen molar-refractivity contribution in [3.05, 3.63) is 64.7 Å². The van der Waals surface area contributed by atoms with Crippen molar-refractivity contribution in [2.24, 2.45) is 0 Å². The van der Waals surface area contributed by atoms with E-state index in [2.05, 4.69) is 15.6 Å². The zero-order valence-electron chi connectivity index (χ0n) is 18.2. The number of para-hydroxylation sites is 1. The molecule has 3 heterocycles. The topological polar surface area (TPSA) is 110 Å². The zero-order chi connectivity index (χ0) is 23.5. The number of nitrogens with zero attached hydrogens (tertiary/aromatic N) is 2. The largest absolute Gasteiger partial charge is 0.454 e. The number of hydrogen-bond donors (Lipinski definition) is 2. The van der Waals surface area contributed by atoms with Crippen LogP contribution in [0, 0.1) is 0 Å². The average Bonchev–Trinajstić information content (AvgIpc) is 3.58. The Morgan fingerprint density at radius 3 is 2.82 bits per heavy atom. The monoisotopic (exact) mass is 478 g/mol. The number of benzene rings is 2. The van der Waals surface area contributed by atoms with Gasteiger partial charge in [0.05, 0.1) is 23.4 Å². The molecule has 2 aromatic carbocycles. The normalized spacial score (nSPS) is 14.4. The maximum Gasteiger partial charge on any atom is 0.253 e. The first-order chi connectivity index (χ1) is 16.6. The minimum atomic E-state index is -0.308. The van der Waals surface area contributed by atoms with Gasteiger partial charge >= 0.3 is 0 Å². The van der Waals surface area contributed by atoms with Gasteiger partial charge in [0, 0.05) is 24.9 Å². The van der Waals surface area contributed by atoms with E-state index in [9.17, 15) is 14.4 Å².